The van der Waals surface area contributed by atoms with Crippen molar-refractivity contribution in [3.05, 3.63) is 60.2 Å². The van der Waals surface area contributed by atoms with E-state index in [0.29, 0.717) is 34.5 Å². The minimum Gasteiger partial charge on any atom is -0.494 e. The van der Waals surface area contributed by atoms with Crippen molar-refractivity contribution < 1.29 is 18.6 Å². The average molecular weight is 463 g/mol. The van der Waals surface area contributed by atoms with Gasteiger partial charge in [-0.3, -0.25) is 9.29 Å². The van der Waals surface area contributed by atoms with Gasteiger partial charge in [0.2, 0.25) is 5.95 Å². The van der Waals surface area contributed by atoms with E-state index in [-0.39, 0.29) is 5.82 Å². The summed E-state index contributed by atoms with van der Waals surface area (Å²) in [5, 5.41) is 8.02. The first kappa shape index (κ1) is 25.5. The standard InChI is InChI=1S/C17H17FN4O2S.C4H8O.C2H6/c1-23-14-8-5-9-15(24-2)16(14)22-11-19-20-17(22)21-25-10-12-6-3-4-7-13(12)18;1-2-4-5-3-1;1-2/h3-9,11H,10H2,1-2H3,(H,20,21);1-4H2;1-2H3. The fourth-order valence-corrected chi connectivity index (χ4v) is 3.57. The number of methoxy groups -OCH3 is 2. The van der Waals surface area contributed by atoms with Crippen molar-refractivity contribution in [1.82, 2.24) is 14.8 Å². The van der Waals surface area contributed by atoms with E-state index < -0.39 is 0 Å². The second kappa shape index (κ2) is 14.3. The van der Waals surface area contributed by atoms with E-state index in [4.69, 9.17) is 14.2 Å². The molecule has 0 aliphatic carbocycles. The lowest BCUT2D eigenvalue weighted by Crippen LogP contribution is -2.04. The number of aromatic nitrogens is 3. The molecule has 1 aliphatic rings. The summed E-state index contributed by atoms with van der Waals surface area (Å²) in [6, 6.07) is 12.2. The number of halogens is 1. The smallest absolute Gasteiger partial charge is 0.239 e. The normalized spacial score (nSPS) is 12.2. The van der Waals surface area contributed by atoms with Crippen LogP contribution in [0.1, 0.15) is 32.3 Å². The van der Waals surface area contributed by atoms with E-state index >= 15 is 0 Å². The predicted molar refractivity (Wildman–Crippen MR) is 127 cm³/mol. The topological polar surface area (TPSA) is 70.4 Å². The number of hydrogen-bond donors (Lipinski definition) is 1. The van der Waals surface area contributed by atoms with Crippen molar-refractivity contribution in [2.45, 2.75) is 32.4 Å². The fraction of sp³-hybridized carbons (Fsp3) is 0.391. The van der Waals surface area contributed by atoms with E-state index in [1.165, 1.54) is 30.9 Å². The molecule has 0 unspecified atom stereocenters. The maximum Gasteiger partial charge on any atom is 0.239 e. The van der Waals surface area contributed by atoms with Crippen molar-refractivity contribution in [2.24, 2.45) is 0 Å². The molecule has 0 spiro atoms. The van der Waals surface area contributed by atoms with Crippen molar-refractivity contribution in [1.29, 1.82) is 0 Å². The highest BCUT2D eigenvalue weighted by molar-refractivity contribution is 7.99. The average Bonchev–Trinajstić information content (AvgIpc) is 3.56. The fourth-order valence-electron chi connectivity index (χ4n) is 2.84. The highest BCUT2D eigenvalue weighted by atomic mass is 32.2. The molecule has 1 fully saturated rings. The second-order valence-corrected chi connectivity index (χ2v) is 7.12. The van der Waals surface area contributed by atoms with Gasteiger partial charge in [0.15, 0.2) is 0 Å². The highest BCUT2D eigenvalue weighted by Crippen LogP contribution is 2.34. The van der Waals surface area contributed by atoms with E-state index in [1.807, 2.05) is 32.0 Å². The van der Waals surface area contributed by atoms with E-state index in [1.54, 1.807) is 43.3 Å². The number of rotatable bonds is 7. The predicted octanol–water partition coefficient (Wildman–Crippen LogP) is 5.51. The number of hydrogen-bond acceptors (Lipinski definition) is 7. The van der Waals surface area contributed by atoms with Crippen LogP contribution in [0.4, 0.5) is 10.3 Å². The zero-order valence-electron chi connectivity index (χ0n) is 19.0. The van der Waals surface area contributed by atoms with E-state index in [0.717, 1.165) is 13.2 Å². The summed E-state index contributed by atoms with van der Waals surface area (Å²) in [5.41, 5.74) is 1.30. The number of nitrogens with one attached hydrogen (secondary N) is 1. The van der Waals surface area contributed by atoms with Gasteiger partial charge in [-0.1, -0.05) is 38.1 Å². The van der Waals surface area contributed by atoms with Crippen LogP contribution >= 0.6 is 11.9 Å². The molecule has 0 amide bonds. The minimum absolute atomic E-state index is 0.232. The van der Waals surface area contributed by atoms with Gasteiger partial charge in [0.25, 0.3) is 0 Å². The van der Waals surface area contributed by atoms with Crippen molar-refractivity contribution >= 4 is 17.9 Å². The van der Waals surface area contributed by atoms with Gasteiger partial charge in [0.05, 0.1) is 14.2 Å². The number of nitrogens with zero attached hydrogens (tertiary/aromatic N) is 3. The summed E-state index contributed by atoms with van der Waals surface area (Å²) in [5.74, 6) is 1.96. The van der Waals surface area contributed by atoms with Crippen LogP contribution in [-0.4, -0.2) is 42.2 Å². The molecule has 2 aromatic carbocycles. The largest absolute Gasteiger partial charge is 0.494 e. The molecule has 2 heterocycles. The Morgan fingerprint density at radius 3 is 2.25 bits per heavy atom. The van der Waals surface area contributed by atoms with Crippen LogP contribution in [0, 0.1) is 5.82 Å². The highest BCUT2D eigenvalue weighted by Gasteiger charge is 2.16. The SMILES string of the molecule is C1CCOC1.CC.COc1cccc(OC)c1-n1cnnc1NSCc1ccccc1F. The summed E-state index contributed by atoms with van der Waals surface area (Å²) in [6.07, 6.45) is 4.12. The summed E-state index contributed by atoms with van der Waals surface area (Å²) in [6.45, 7) is 6.00. The number of ether oxygens (including phenoxy) is 3. The molecule has 1 saturated heterocycles. The molecule has 1 N–H and O–H groups in total. The third-order valence-electron chi connectivity index (χ3n) is 4.37. The van der Waals surface area contributed by atoms with Gasteiger partial charge in [-0.05, 0) is 48.6 Å². The quantitative estimate of drug-likeness (QED) is 0.465. The molecule has 174 valence electrons. The van der Waals surface area contributed by atoms with E-state index in [9.17, 15) is 4.39 Å². The third-order valence-corrected chi connectivity index (χ3v) is 5.15. The zero-order chi connectivity index (χ0) is 23.2. The Morgan fingerprint density at radius 1 is 1.03 bits per heavy atom. The molecule has 1 aliphatic heterocycles. The molecule has 3 aromatic rings. The molecule has 0 radical (unpaired) electrons. The number of benzene rings is 2. The number of para-hydroxylation sites is 1. The Bertz CT molecular complexity index is 905. The maximum atomic E-state index is 13.7. The van der Waals surface area contributed by atoms with Gasteiger partial charge in [-0.25, -0.2) is 4.39 Å². The van der Waals surface area contributed by atoms with Gasteiger partial charge in [0.1, 0.15) is 29.3 Å². The van der Waals surface area contributed by atoms with Gasteiger partial charge >= 0.3 is 0 Å². The van der Waals surface area contributed by atoms with Crippen LogP contribution in [0.3, 0.4) is 0 Å². The monoisotopic (exact) mass is 462 g/mol. The molecule has 0 atom stereocenters. The molecule has 9 heteroatoms. The van der Waals surface area contributed by atoms with Crippen LogP contribution in [0.2, 0.25) is 0 Å². The Morgan fingerprint density at radius 2 is 1.69 bits per heavy atom. The zero-order valence-corrected chi connectivity index (χ0v) is 19.8. The molecular weight excluding hydrogens is 431 g/mol. The second-order valence-electron chi connectivity index (χ2n) is 6.34. The third kappa shape index (κ3) is 7.13. The molecule has 7 nitrogen and oxygen atoms in total. The van der Waals surface area contributed by atoms with Crippen molar-refractivity contribution in [2.75, 3.05) is 32.2 Å². The van der Waals surface area contributed by atoms with Crippen LogP contribution in [-0.2, 0) is 10.5 Å². The number of anilines is 1. The summed E-state index contributed by atoms with van der Waals surface area (Å²) in [7, 11) is 3.17. The Labute approximate surface area is 193 Å². The van der Waals surface area contributed by atoms with Crippen molar-refractivity contribution in [3.63, 3.8) is 0 Å². The van der Waals surface area contributed by atoms with Crippen LogP contribution in [0.25, 0.3) is 5.69 Å². The molecule has 0 bridgehead atoms. The minimum atomic E-state index is -0.232. The Hall–Kier alpha value is -2.78. The lowest BCUT2D eigenvalue weighted by Gasteiger charge is -2.15. The molecule has 0 saturated carbocycles. The molecule has 1 aromatic heterocycles. The Balaban J connectivity index is 0.000000448. The first-order valence-corrected chi connectivity index (χ1v) is 11.5. The summed E-state index contributed by atoms with van der Waals surface area (Å²) >= 11 is 1.32. The van der Waals surface area contributed by atoms with Gasteiger partial charge in [-0.15, -0.1) is 10.2 Å². The van der Waals surface area contributed by atoms with Gasteiger partial charge in [-0.2, -0.15) is 0 Å². The first-order valence-electron chi connectivity index (χ1n) is 10.5. The van der Waals surface area contributed by atoms with Crippen LogP contribution < -0.4 is 14.2 Å². The summed E-state index contributed by atoms with van der Waals surface area (Å²) in [4.78, 5) is 0. The maximum absolute atomic E-state index is 13.7. The van der Waals surface area contributed by atoms with E-state index in [2.05, 4.69) is 14.9 Å². The van der Waals surface area contributed by atoms with Gasteiger partial charge < -0.3 is 14.2 Å². The molecular formula is C23H31FN4O3S. The van der Waals surface area contributed by atoms with Crippen molar-refractivity contribution in [3.8, 4) is 17.2 Å². The van der Waals surface area contributed by atoms with Crippen LogP contribution in [0.5, 0.6) is 11.5 Å². The molecule has 4 rings (SSSR count). The first-order chi connectivity index (χ1) is 15.7. The summed E-state index contributed by atoms with van der Waals surface area (Å²) < 4.78 is 34.3. The van der Waals surface area contributed by atoms with Gasteiger partial charge in [0, 0.05) is 19.0 Å². The van der Waals surface area contributed by atoms with Crippen LogP contribution in [0.15, 0.2) is 48.8 Å². The Kier molecular flexibility index (Phi) is 11.4. The molecule has 32 heavy (non-hydrogen) atoms. The lowest BCUT2D eigenvalue weighted by atomic mass is 10.2. The lowest BCUT2D eigenvalue weighted by molar-refractivity contribution is 0.198.